The lowest BCUT2D eigenvalue weighted by molar-refractivity contribution is -0.162. The van der Waals surface area contributed by atoms with Crippen molar-refractivity contribution in [3.8, 4) is 0 Å². The fourth-order valence-electron chi connectivity index (χ4n) is 3.57. The summed E-state index contributed by atoms with van der Waals surface area (Å²) < 4.78 is 64.8. The van der Waals surface area contributed by atoms with Crippen LogP contribution in [0.3, 0.4) is 0 Å². The Morgan fingerprint density at radius 1 is 0.955 bits per heavy atom. The molecule has 1 heterocycles. The van der Waals surface area contributed by atoms with E-state index in [1.54, 1.807) is 65.1 Å². The summed E-state index contributed by atoms with van der Waals surface area (Å²) in [5, 5.41) is 4.69. The van der Waals surface area contributed by atoms with Gasteiger partial charge >= 0.3 is 19.5 Å². The number of thiophene rings is 1. The first kappa shape index (κ1) is 35.3. The molecule has 14 heteroatoms. The van der Waals surface area contributed by atoms with E-state index in [4.69, 9.17) is 30.1 Å². The van der Waals surface area contributed by atoms with Crippen LogP contribution in [0.2, 0.25) is 5.02 Å². The van der Waals surface area contributed by atoms with Gasteiger partial charge in [0.1, 0.15) is 11.6 Å². The number of carbonyl (C=O) groups is 3. The van der Waals surface area contributed by atoms with Crippen LogP contribution in [0.1, 0.15) is 58.3 Å². The van der Waals surface area contributed by atoms with Crippen LogP contribution in [0.5, 0.6) is 0 Å². The van der Waals surface area contributed by atoms with Gasteiger partial charge in [0.25, 0.3) is 0 Å². The molecule has 3 aromatic rings. The van der Waals surface area contributed by atoms with Gasteiger partial charge in [0, 0.05) is 21.5 Å². The monoisotopic (exact) mass is 671 g/mol. The maximum atomic E-state index is 14.5. The lowest BCUT2D eigenvalue weighted by Crippen LogP contribution is -2.29. The maximum Gasteiger partial charge on any atom is 0.353 e. The summed E-state index contributed by atoms with van der Waals surface area (Å²) in [6, 6.07) is 8.16. The molecule has 1 N–H and O–H groups in total. The van der Waals surface area contributed by atoms with Crippen molar-refractivity contribution in [3.05, 3.63) is 75.8 Å². The summed E-state index contributed by atoms with van der Waals surface area (Å²) in [6.07, 6.45) is 1.97. The van der Waals surface area contributed by atoms with E-state index < -0.39 is 72.7 Å². The van der Waals surface area contributed by atoms with Gasteiger partial charge in [0.2, 0.25) is 19.5 Å². The van der Waals surface area contributed by atoms with Crippen LogP contribution in [0, 0.1) is 22.5 Å². The van der Waals surface area contributed by atoms with Crippen LogP contribution in [0.15, 0.2) is 48.0 Å². The molecule has 238 valence electrons. The zero-order valence-corrected chi connectivity index (χ0v) is 27.4. The third-order valence-electron chi connectivity index (χ3n) is 5.97. The fourth-order valence-corrected chi connectivity index (χ4v) is 6.50. The van der Waals surface area contributed by atoms with E-state index in [9.17, 15) is 27.7 Å². The Hall–Kier alpha value is -3.15. The number of rotatable bonds is 11. The van der Waals surface area contributed by atoms with Crippen LogP contribution in [-0.4, -0.2) is 31.4 Å². The number of carbonyl (C=O) groups excluding carboxylic acids is 3. The van der Waals surface area contributed by atoms with E-state index in [0.717, 1.165) is 24.4 Å². The SMILES string of the molecule is CC(C)(C)C(=O)OCOP(=O)(OCOC(=O)C(C)(C)C)C(C(=O)NC=Cc1c(F)cccc1F)c1csc2ccc(Cl)cc12. The van der Waals surface area contributed by atoms with Crippen LogP contribution < -0.4 is 5.32 Å². The zero-order chi connectivity index (χ0) is 32.9. The van der Waals surface area contributed by atoms with Gasteiger partial charge in [-0.25, -0.2) is 8.78 Å². The second-order valence-electron chi connectivity index (χ2n) is 11.6. The lowest BCUT2D eigenvalue weighted by Gasteiger charge is -2.27. The number of halogens is 3. The van der Waals surface area contributed by atoms with Gasteiger partial charge in [-0.05, 0) is 94.3 Å². The zero-order valence-electron chi connectivity index (χ0n) is 24.9. The van der Waals surface area contributed by atoms with E-state index in [0.29, 0.717) is 15.1 Å². The minimum absolute atomic E-state index is 0.170. The van der Waals surface area contributed by atoms with Crippen molar-refractivity contribution in [1.82, 2.24) is 5.32 Å². The number of esters is 2. The molecular weight excluding hydrogens is 639 g/mol. The molecule has 1 unspecified atom stereocenters. The molecule has 0 saturated heterocycles. The largest absolute Gasteiger partial charge is 0.438 e. The van der Waals surface area contributed by atoms with Gasteiger partial charge in [-0.2, -0.15) is 0 Å². The van der Waals surface area contributed by atoms with Gasteiger partial charge in [-0.1, -0.05) is 17.7 Å². The first-order valence-corrected chi connectivity index (χ1v) is 16.1. The van der Waals surface area contributed by atoms with Gasteiger partial charge in [0.15, 0.2) is 5.66 Å². The van der Waals surface area contributed by atoms with Gasteiger partial charge in [-0.3, -0.25) is 28.0 Å². The minimum atomic E-state index is -4.73. The Balaban J connectivity index is 2.04. The van der Waals surface area contributed by atoms with E-state index >= 15 is 0 Å². The number of nitrogens with one attached hydrogen (secondary N) is 1. The van der Waals surface area contributed by atoms with Crippen molar-refractivity contribution in [2.24, 2.45) is 10.8 Å². The Morgan fingerprint density at radius 2 is 1.50 bits per heavy atom. The maximum absolute atomic E-state index is 14.5. The first-order chi connectivity index (χ1) is 20.4. The Morgan fingerprint density at radius 3 is 2.02 bits per heavy atom. The van der Waals surface area contributed by atoms with Crippen LogP contribution in [-0.2, 0) is 37.5 Å². The average Bonchev–Trinajstić information content (AvgIpc) is 3.31. The number of ether oxygens (including phenoxy) is 2. The molecule has 0 saturated carbocycles. The molecule has 0 aliphatic heterocycles. The lowest BCUT2D eigenvalue weighted by atomic mass is 9.98. The van der Waals surface area contributed by atoms with Crippen LogP contribution in [0.25, 0.3) is 16.2 Å². The Bertz CT molecular complexity index is 1560. The van der Waals surface area contributed by atoms with E-state index in [1.165, 1.54) is 17.4 Å². The van der Waals surface area contributed by atoms with Crippen molar-refractivity contribution in [1.29, 1.82) is 0 Å². The summed E-state index contributed by atoms with van der Waals surface area (Å²) >= 11 is 7.44. The second-order valence-corrected chi connectivity index (χ2v) is 15.1. The second kappa shape index (κ2) is 14.3. The minimum Gasteiger partial charge on any atom is -0.438 e. The molecule has 1 amide bonds. The molecule has 1 aromatic heterocycles. The normalized spacial score (nSPS) is 13.2. The highest BCUT2D eigenvalue weighted by atomic mass is 35.5. The van der Waals surface area contributed by atoms with E-state index in [1.807, 2.05) is 0 Å². The highest BCUT2D eigenvalue weighted by molar-refractivity contribution is 7.55. The average molecular weight is 672 g/mol. The number of hydrogen-bond acceptors (Lipinski definition) is 9. The number of hydrogen-bond donors (Lipinski definition) is 1. The van der Waals surface area contributed by atoms with Crippen molar-refractivity contribution in [3.63, 3.8) is 0 Å². The van der Waals surface area contributed by atoms with E-state index in [2.05, 4.69) is 5.32 Å². The number of amides is 1. The standard InChI is InChI=1S/C30H33ClF2NO8PS/c1-29(2,3)27(36)39-16-41-43(38,42-17-40-28(37)30(4,5)6)25(21-15-44-24-11-10-18(31)14-20(21)24)26(35)34-13-12-19-22(32)8-7-9-23(19)33/h7-15,25H,16-17H2,1-6H3,(H,34,35). The molecule has 9 nitrogen and oxygen atoms in total. The molecule has 0 aliphatic rings. The number of benzene rings is 2. The van der Waals surface area contributed by atoms with Crippen molar-refractivity contribution >= 4 is 64.5 Å². The van der Waals surface area contributed by atoms with Crippen LogP contribution in [0.4, 0.5) is 8.78 Å². The molecule has 44 heavy (non-hydrogen) atoms. The van der Waals surface area contributed by atoms with Gasteiger partial charge < -0.3 is 14.8 Å². The fraction of sp³-hybridized carbons (Fsp3) is 0.367. The molecule has 0 spiro atoms. The third kappa shape index (κ3) is 8.95. The molecule has 1 atom stereocenters. The summed E-state index contributed by atoms with van der Waals surface area (Å²) in [5.41, 5.74) is -3.86. The van der Waals surface area contributed by atoms with Crippen molar-refractivity contribution in [2.75, 3.05) is 13.6 Å². The molecule has 3 rings (SSSR count). The van der Waals surface area contributed by atoms with Crippen LogP contribution >= 0.6 is 30.5 Å². The topological polar surface area (TPSA) is 117 Å². The first-order valence-electron chi connectivity index (χ1n) is 13.2. The summed E-state index contributed by atoms with van der Waals surface area (Å²) in [6.45, 7) is 7.84. The highest BCUT2D eigenvalue weighted by Crippen LogP contribution is 2.62. The molecule has 0 aliphatic carbocycles. The summed E-state index contributed by atoms with van der Waals surface area (Å²) in [7, 11) is -4.73. The Labute approximate surface area is 263 Å². The quantitative estimate of drug-likeness (QED) is 0.124. The van der Waals surface area contributed by atoms with Crippen molar-refractivity contribution < 1.29 is 46.3 Å². The summed E-state index contributed by atoms with van der Waals surface area (Å²) in [4.78, 5) is 38.5. The highest BCUT2D eigenvalue weighted by Gasteiger charge is 2.45. The molecule has 0 radical (unpaired) electrons. The smallest absolute Gasteiger partial charge is 0.353 e. The molecule has 2 aromatic carbocycles. The molecule has 0 fully saturated rings. The summed E-state index contributed by atoms with van der Waals surface area (Å²) in [5.74, 6) is -4.09. The van der Waals surface area contributed by atoms with Gasteiger partial charge in [-0.15, -0.1) is 11.3 Å². The van der Waals surface area contributed by atoms with Crippen molar-refractivity contribution in [2.45, 2.75) is 47.2 Å². The van der Waals surface area contributed by atoms with E-state index in [-0.39, 0.29) is 5.56 Å². The predicted octanol–water partition coefficient (Wildman–Crippen LogP) is 7.98. The predicted molar refractivity (Wildman–Crippen MR) is 164 cm³/mol. The molecule has 0 bridgehead atoms. The third-order valence-corrected chi connectivity index (χ3v) is 9.26. The number of fused-ring (bicyclic) bond motifs is 1. The molecular formula is C30H33ClF2NO8PS. The van der Waals surface area contributed by atoms with Gasteiger partial charge in [0.05, 0.1) is 10.8 Å². The Kier molecular flexibility index (Phi) is 11.5.